The summed E-state index contributed by atoms with van der Waals surface area (Å²) in [5.41, 5.74) is 0. The lowest BCUT2D eigenvalue weighted by Crippen LogP contribution is -2.38. The van der Waals surface area contributed by atoms with Gasteiger partial charge in [-0.1, -0.05) is 6.07 Å². The van der Waals surface area contributed by atoms with Gasteiger partial charge in [-0.2, -0.15) is 0 Å². The molecular weight excluding hydrogens is 278 g/mol. The highest BCUT2D eigenvalue weighted by molar-refractivity contribution is 7.12. The van der Waals surface area contributed by atoms with Crippen LogP contribution in [0.4, 0.5) is 0 Å². The smallest absolute Gasteiger partial charge is 0.263 e. The number of nitrogens with zero attached hydrogens (tertiary/aromatic N) is 3. The number of aromatic nitrogens is 2. The third-order valence-electron chi connectivity index (χ3n) is 3.33. The summed E-state index contributed by atoms with van der Waals surface area (Å²) in [6, 6.07) is 3.82. The molecule has 3 heterocycles. The number of hydrogen-bond donors (Lipinski definition) is 0. The van der Waals surface area contributed by atoms with Crippen LogP contribution in [0.3, 0.4) is 0 Å². The van der Waals surface area contributed by atoms with Crippen molar-refractivity contribution in [2.75, 3.05) is 13.1 Å². The van der Waals surface area contributed by atoms with Crippen LogP contribution in [0.15, 0.2) is 17.5 Å². The van der Waals surface area contributed by atoms with Gasteiger partial charge in [0.15, 0.2) is 0 Å². The monoisotopic (exact) mass is 293 g/mol. The Kier molecular flexibility index (Phi) is 3.61. The van der Waals surface area contributed by atoms with E-state index < -0.39 is 0 Å². The van der Waals surface area contributed by atoms with Crippen LogP contribution < -0.4 is 0 Å². The van der Waals surface area contributed by atoms with Crippen molar-refractivity contribution in [3.8, 4) is 0 Å². The molecule has 1 atom stereocenters. The maximum atomic E-state index is 12.3. The van der Waals surface area contributed by atoms with Crippen molar-refractivity contribution in [2.24, 2.45) is 0 Å². The molecule has 1 amide bonds. The average molecular weight is 293 g/mol. The number of piperidine rings is 1. The number of aryl methyl sites for hydroxylation is 1. The molecule has 1 fully saturated rings. The molecule has 1 aliphatic heterocycles. The molecule has 100 valence electrons. The minimum Gasteiger partial charge on any atom is -0.337 e. The van der Waals surface area contributed by atoms with Crippen molar-refractivity contribution in [3.05, 3.63) is 32.4 Å². The summed E-state index contributed by atoms with van der Waals surface area (Å²) in [5, 5.41) is 12.3. The molecule has 0 radical (unpaired) electrons. The summed E-state index contributed by atoms with van der Waals surface area (Å²) >= 11 is 3.16. The number of carbonyl (C=O) groups excluding carboxylic acids is 1. The Morgan fingerprint density at radius 3 is 3.05 bits per heavy atom. The van der Waals surface area contributed by atoms with Gasteiger partial charge in [-0.05, 0) is 31.2 Å². The molecular formula is C13H15N3OS2. The van der Waals surface area contributed by atoms with Crippen LogP contribution in [-0.2, 0) is 0 Å². The maximum absolute atomic E-state index is 12.3. The zero-order valence-corrected chi connectivity index (χ0v) is 12.3. The molecule has 0 saturated carbocycles. The van der Waals surface area contributed by atoms with E-state index in [9.17, 15) is 4.79 Å². The average Bonchev–Trinajstić information content (AvgIpc) is 3.09. The van der Waals surface area contributed by atoms with Crippen LogP contribution in [0.25, 0.3) is 0 Å². The lowest BCUT2D eigenvalue weighted by atomic mass is 9.98. The Hall–Kier alpha value is -1.27. The highest BCUT2D eigenvalue weighted by Gasteiger charge is 2.27. The van der Waals surface area contributed by atoms with E-state index in [2.05, 4.69) is 10.2 Å². The molecule has 1 unspecified atom stereocenters. The quantitative estimate of drug-likeness (QED) is 0.855. The van der Waals surface area contributed by atoms with Gasteiger partial charge in [-0.15, -0.1) is 32.9 Å². The number of amides is 1. The van der Waals surface area contributed by atoms with Crippen LogP contribution in [0, 0.1) is 6.92 Å². The molecule has 2 aromatic rings. The number of rotatable bonds is 2. The largest absolute Gasteiger partial charge is 0.337 e. The van der Waals surface area contributed by atoms with Crippen LogP contribution in [-0.4, -0.2) is 34.1 Å². The third-order valence-corrected chi connectivity index (χ3v) is 5.19. The van der Waals surface area contributed by atoms with Crippen LogP contribution in [0.1, 0.15) is 38.4 Å². The van der Waals surface area contributed by atoms with E-state index in [0.717, 1.165) is 40.8 Å². The maximum Gasteiger partial charge on any atom is 0.263 e. The predicted molar refractivity (Wildman–Crippen MR) is 76.8 cm³/mol. The second kappa shape index (κ2) is 5.38. The first-order chi connectivity index (χ1) is 9.24. The molecule has 0 aliphatic carbocycles. The first-order valence-corrected chi connectivity index (χ1v) is 8.06. The van der Waals surface area contributed by atoms with Crippen molar-refractivity contribution in [1.29, 1.82) is 0 Å². The second-order valence-corrected chi connectivity index (χ2v) is 6.89. The lowest BCUT2D eigenvalue weighted by molar-refractivity contribution is 0.0712. The van der Waals surface area contributed by atoms with Crippen molar-refractivity contribution in [2.45, 2.75) is 25.7 Å². The highest BCUT2D eigenvalue weighted by atomic mass is 32.1. The Balaban J connectivity index is 1.73. The summed E-state index contributed by atoms with van der Waals surface area (Å²) in [7, 11) is 0. The summed E-state index contributed by atoms with van der Waals surface area (Å²) in [6.07, 6.45) is 2.14. The molecule has 2 aromatic heterocycles. The molecule has 0 bridgehead atoms. The molecule has 19 heavy (non-hydrogen) atoms. The van der Waals surface area contributed by atoms with Gasteiger partial charge in [0.2, 0.25) is 0 Å². The van der Waals surface area contributed by atoms with Crippen LogP contribution in [0.2, 0.25) is 0 Å². The second-order valence-electron chi connectivity index (χ2n) is 4.73. The third kappa shape index (κ3) is 2.69. The van der Waals surface area contributed by atoms with Gasteiger partial charge < -0.3 is 4.90 Å². The molecule has 0 N–H and O–H groups in total. The Morgan fingerprint density at radius 2 is 2.37 bits per heavy atom. The van der Waals surface area contributed by atoms with Gasteiger partial charge in [0, 0.05) is 19.0 Å². The van der Waals surface area contributed by atoms with Crippen molar-refractivity contribution >= 4 is 28.6 Å². The molecule has 1 aliphatic rings. The summed E-state index contributed by atoms with van der Waals surface area (Å²) in [4.78, 5) is 15.1. The van der Waals surface area contributed by atoms with Gasteiger partial charge in [0.05, 0.1) is 4.88 Å². The SMILES string of the molecule is Cc1nnc(C2CCCN(C(=O)c3cccs3)C2)s1. The van der Waals surface area contributed by atoms with E-state index in [-0.39, 0.29) is 5.91 Å². The molecule has 1 saturated heterocycles. The van der Waals surface area contributed by atoms with Gasteiger partial charge >= 0.3 is 0 Å². The zero-order chi connectivity index (χ0) is 13.2. The molecule has 0 spiro atoms. The normalized spacial score (nSPS) is 19.6. The Morgan fingerprint density at radius 1 is 1.47 bits per heavy atom. The molecule has 6 heteroatoms. The van der Waals surface area contributed by atoms with Gasteiger partial charge in [-0.25, -0.2) is 0 Å². The highest BCUT2D eigenvalue weighted by Crippen LogP contribution is 2.29. The minimum absolute atomic E-state index is 0.154. The standard InChI is InChI=1S/C13H15N3OS2/c1-9-14-15-12(19-9)10-4-2-6-16(8-10)13(17)11-5-3-7-18-11/h3,5,7,10H,2,4,6,8H2,1H3. The van der Waals surface area contributed by atoms with Gasteiger partial charge in [0.1, 0.15) is 10.0 Å². The van der Waals surface area contributed by atoms with Crippen LogP contribution >= 0.6 is 22.7 Å². The van der Waals surface area contributed by atoms with Gasteiger partial charge in [-0.3, -0.25) is 4.79 Å². The lowest BCUT2D eigenvalue weighted by Gasteiger charge is -2.31. The Labute approximate surface area is 120 Å². The predicted octanol–water partition coefficient (Wildman–Crippen LogP) is 2.93. The zero-order valence-electron chi connectivity index (χ0n) is 10.7. The summed E-state index contributed by atoms with van der Waals surface area (Å²) < 4.78 is 0. The molecule has 3 rings (SSSR count). The first kappa shape index (κ1) is 12.7. The molecule has 4 nitrogen and oxygen atoms in total. The number of likely N-dealkylation sites (tertiary alicyclic amines) is 1. The van der Waals surface area contributed by atoms with E-state index in [4.69, 9.17) is 0 Å². The topological polar surface area (TPSA) is 46.1 Å². The first-order valence-electron chi connectivity index (χ1n) is 6.37. The summed E-state index contributed by atoms with van der Waals surface area (Å²) in [6.45, 7) is 3.59. The summed E-state index contributed by atoms with van der Waals surface area (Å²) in [5.74, 6) is 0.504. The van der Waals surface area contributed by atoms with E-state index in [0.29, 0.717) is 5.92 Å². The van der Waals surface area contributed by atoms with Crippen molar-refractivity contribution < 1.29 is 4.79 Å². The van der Waals surface area contributed by atoms with Crippen molar-refractivity contribution in [3.63, 3.8) is 0 Å². The van der Waals surface area contributed by atoms with E-state index in [1.165, 1.54) is 11.3 Å². The van der Waals surface area contributed by atoms with Crippen molar-refractivity contribution in [1.82, 2.24) is 15.1 Å². The Bertz CT molecular complexity index is 564. The van der Waals surface area contributed by atoms with E-state index in [1.54, 1.807) is 11.3 Å². The fourth-order valence-corrected chi connectivity index (χ4v) is 3.91. The molecule has 0 aromatic carbocycles. The van der Waals surface area contributed by atoms with E-state index >= 15 is 0 Å². The van der Waals surface area contributed by atoms with E-state index in [1.807, 2.05) is 29.3 Å². The number of carbonyl (C=O) groups is 1. The number of thiophene rings is 1. The van der Waals surface area contributed by atoms with Gasteiger partial charge in [0.25, 0.3) is 5.91 Å². The fourth-order valence-electron chi connectivity index (χ4n) is 2.40. The number of hydrogen-bond acceptors (Lipinski definition) is 5. The minimum atomic E-state index is 0.154. The van der Waals surface area contributed by atoms with Crippen LogP contribution in [0.5, 0.6) is 0 Å². The fraction of sp³-hybridized carbons (Fsp3) is 0.462.